The number of carbonyl (C=O) groups is 2. The number of hydrogen-bond acceptors (Lipinski definition) is 11. The zero-order valence-corrected chi connectivity index (χ0v) is 18.5. The van der Waals surface area contributed by atoms with Gasteiger partial charge >= 0.3 is 5.97 Å². The molecule has 2 rings (SSSR count). The number of carbonyl (C=O) groups excluding carboxylic acids is 2. The maximum Gasteiger partial charge on any atom is 0.339 e. The summed E-state index contributed by atoms with van der Waals surface area (Å²) in [7, 11) is -5.26. The highest BCUT2D eigenvalue weighted by molar-refractivity contribution is 7.44. The van der Waals surface area contributed by atoms with Crippen LogP contribution < -0.4 is 14.7 Å². The van der Waals surface area contributed by atoms with Gasteiger partial charge in [0.2, 0.25) is 0 Å². The summed E-state index contributed by atoms with van der Waals surface area (Å²) >= 11 is 0. The lowest BCUT2D eigenvalue weighted by Crippen LogP contribution is -2.42. The first-order valence-electron chi connectivity index (χ1n) is 8.89. The maximum absolute atomic E-state index is 12.5. The van der Waals surface area contributed by atoms with E-state index in [9.17, 15) is 33.4 Å². The SMILES string of the molecule is CC.[B][C@@H]1O[C@H](COP(=O)([O-])O)C(OP(=O)([O-])[O-])[C@@H]1OC(=O)c1ccccc1C(C)=O. The number of ketones is 1. The van der Waals surface area contributed by atoms with Crippen molar-refractivity contribution in [2.24, 2.45) is 0 Å². The molecule has 0 saturated carbocycles. The van der Waals surface area contributed by atoms with Crippen molar-refractivity contribution in [3.63, 3.8) is 0 Å². The standard InChI is InChI=1S/C14H17BO12P2.C2H6/c1-7(16)8-4-2-3-5-9(8)14(17)26-12-11(27-29(21,22)23)10(25-13(12)15)6-24-28(18,19)20;1-2/h2-5,10-13H,6H2,1H3,(H2,18,19,20)(H2,21,22,23);1-2H3/p-3/t10-,11?,12+,13-;/m1./s1. The highest BCUT2D eigenvalue weighted by Crippen LogP contribution is 2.38. The van der Waals surface area contributed by atoms with Crippen LogP contribution in [0.5, 0.6) is 0 Å². The van der Waals surface area contributed by atoms with Crippen molar-refractivity contribution in [3.05, 3.63) is 35.4 Å². The molecule has 1 aromatic rings. The summed E-state index contributed by atoms with van der Waals surface area (Å²) in [6.07, 6.45) is -5.15. The zero-order valence-electron chi connectivity index (χ0n) is 16.7. The molecule has 1 heterocycles. The number of hydrogen-bond donors (Lipinski definition) is 1. The average Bonchev–Trinajstić information content (AvgIpc) is 2.94. The molecule has 1 fully saturated rings. The van der Waals surface area contributed by atoms with Gasteiger partial charge in [-0.15, -0.1) is 0 Å². The largest absolute Gasteiger partial charge is 0.790 e. The van der Waals surface area contributed by atoms with Gasteiger partial charge in [-0.2, -0.15) is 0 Å². The van der Waals surface area contributed by atoms with Gasteiger partial charge in [-0.05, 0) is 13.0 Å². The third kappa shape index (κ3) is 8.57. The van der Waals surface area contributed by atoms with E-state index in [0.29, 0.717) is 0 Å². The smallest absolute Gasteiger partial charge is 0.339 e. The number of rotatable bonds is 8. The van der Waals surface area contributed by atoms with E-state index in [1.807, 2.05) is 13.8 Å². The van der Waals surface area contributed by atoms with E-state index in [0.717, 1.165) is 0 Å². The molecule has 0 amide bonds. The Balaban J connectivity index is 0.00000233. The van der Waals surface area contributed by atoms with Crippen LogP contribution in [0.2, 0.25) is 0 Å². The predicted octanol–water partition coefficient (Wildman–Crippen LogP) is -0.975. The van der Waals surface area contributed by atoms with Crippen LogP contribution >= 0.6 is 15.6 Å². The molecule has 2 radical (unpaired) electrons. The molecule has 1 aromatic carbocycles. The lowest BCUT2D eigenvalue weighted by molar-refractivity contribution is -0.347. The van der Waals surface area contributed by atoms with Crippen molar-refractivity contribution in [3.8, 4) is 0 Å². The lowest BCUT2D eigenvalue weighted by Gasteiger charge is -2.35. The van der Waals surface area contributed by atoms with Gasteiger partial charge in [-0.1, -0.05) is 32.0 Å². The van der Waals surface area contributed by atoms with Gasteiger partial charge < -0.3 is 42.7 Å². The minimum atomic E-state index is -5.67. The first kappa shape index (κ1) is 27.6. The number of phosphoric acid groups is 2. The van der Waals surface area contributed by atoms with Crippen LogP contribution in [0.4, 0.5) is 0 Å². The summed E-state index contributed by atoms with van der Waals surface area (Å²) < 4.78 is 40.4. The van der Waals surface area contributed by atoms with E-state index in [2.05, 4.69) is 9.05 Å². The molecule has 1 aliphatic rings. The Bertz CT molecular complexity index is 866. The molecule has 0 spiro atoms. The molecule has 1 aliphatic heterocycles. The van der Waals surface area contributed by atoms with Gasteiger partial charge in [0, 0.05) is 5.56 Å². The van der Waals surface area contributed by atoms with Crippen LogP contribution in [-0.4, -0.2) is 55.4 Å². The third-order valence-electron chi connectivity index (χ3n) is 3.77. The van der Waals surface area contributed by atoms with Crippen molar-refractivity contribution in [1.29, 1.82) is 0 Å². The lowest BCUT2D eigenvalue weighted by atomic mass is 9.92. The second-order valence-corrected chi connectivity index (χ2v) is 8.19. The van der Waals surface area contributed by atoms with Crippen molar-refractivity contribution >= 4 is 35.2 Å². The summed E-state index contributed by atoms with van der Waals surface area (Å²) in [5.74, 6) is -1.56. The predicted molar refractivity (Wildman–Crippen MR) is 99.7 cm³/mol. The minimum Gasteiger partial charge on any atom is -0.790 e. The van der Waals surface area contributed by atoms with Crippen molar-refractivity contribution < 1.29 is 56.8 Å². The maximum atomic E-state index is 12.5. The summed E-state index contributed by atoms with van der Waals surface area (Å²) in [6, 6.07) is 4.01. The van der Waals surface area contributed by atoms with Crippen LogP contribution in [-0.2, 0) is 27.7 Å². The third-order valence-corrected chi connectivity index (χ3v) is 4.75. The van der Waals surface area contributed by atoms with Gasteiger partial charge in [-0.3, -0.25) is 9.36 Å². The highest BCUT2D eigenvalue weighted by Gasteiger charge is 2.46. The van der Waals surface area contributed by atoms with Crippen LogP contribution in [0.1, 0.15) is 41.5 Å². The Morgan fingerprint density at radius 3 is 2.16 bits per heavy atom. The van der Waals surface area contributed by atoms with E-state index in [4.69, 9.17) is 22.2 Å². The summed E-state index contributed by atoms with van der Waals surface area (Å²) in [4.78, 5) is 65.6. The molecule has 31 heavy (non-hydrogen) atoms. The molecular formula is C16H20BO12P2-3. The van der Waals surface area contributed by atoms with E-state index in [1.54, 1.807) is 0 Å². The van der Waals surface area contributed by atoms with E-state index in [1.165, 1.54) is 31.2 Å². The van der Waals surface area contributed by atoms with E-state index in [-0.39, 0.29) is 11.1 Å². The fourth-order valence-corrected chi connectivity index (χ4v) is 3.51. The molecule has 172 valence electrons. The van der Waals surface area contributed by atoms with Crippen molar-refractivity contribution in [1.82, 2.24) is 0 Å². The first-order valence-corrected chi connectivity index (χ1v) is 11.8. The Labute approximate surface area is 179 Å². The molecule has 12 nitrogen and oxygen atoms in total. The molecule has 5 atom stereocenters. The topological polar surface area (TPSA) is 195 Å². The number of benzene rings is 1. The normalized spacial score (nSPS) is 25.1. The summed E-state index contributed by atoms with van der Waals surface area (Å²) in [5.41, 5.74) is -0.161. The van der Waals surface area contributed by atoms with Crippen LogP contribution in [0.3, 0.4) is 0 Å². The van der Waals surface area contributed by atoms with Crippen LogP contribution in [0, 0.1) is 0 Å². The van der Waals surface area contributed by atoms with Gasteiger partial charge in [0.05, 0.1) is 26.0 Å². The zero-order chi connectivity index (χ0) is 24.0. The first-order chi connectivity index (χ1) is 14.3. The quantitative estimate of drug-likeness (QED) is 0.209. The Morgan fingerprint density at radius 2 is 1.68 bits per heavy atom. The number of ether oxygens (including phenoxy) is 2. The average molecular weight is 477 g/mol. The van der Waals surface area contributed by atoms with Crippen molar-refractivity contribution in [2.45, 2.75) is 45.1 Å². The van der Waals surface area contributed by atoms with Crippen molar-refractivity contribution in [2.75, 3.05) is 6.61 Å². The van der Waals surface area contributed by atoms with E-state index >= 15 is 0 Å². The number of phosphoric ester groups is 2. The number of esters is 1. The monoisotopic (exact) mass is 477 g/mol. The molecule has 0 aliphatic carbocycles. The molecule has 2 unspecified atom stereocenters. The van der Waals surface area contributed by atoms with Gasteiger partial charge in [-0.25, -0.2) is 4.79 Å². The fraction of sp³-hybridized carbons (Fsp3) is 0.500. The highest BCUT2D eigenvalue weighted by atomic mass is 31.2. The molecule has 0 bridgehead atoms. The van der Waals surface area contributed by atoms with Crippen LogP contribution in [0.25, 0.3) is 0 Å². The molecular weight excluding hydrogens is 457 g/mol. The Morgan fingerprint density at radius 1 is 1.13 bits per heavy atom. The Kier molecular flexibility index (Phi) is 10.2. The second-order valence-electron chi connectivity index (χ2n) is 5.89. The fourth-order valence-electron chi connectivity index (χ4n) is 2.62. The summed E-state index contributed by atoms with van der Waals surface area (Å²) in [5, 5.41) is 0. The molecule has 15 heteroatoms. The molecule has 1 N–H and O–H groups in total. The van der Waals surface area contributed by atoms with Crippen LogP contribution in [0.15, 0.2) is 24.3 Å². The molecule has 0 aromatic heterocycles. The number of Topliss-reactive ketones (excluding diaryl/α,β-unsaturated/α-hetero) is 1. The minimum absolute atomic E-state index is 0.00762. The molecule has 1 saturated heterocycles. The second kappa shape index (κ2) is 11.5. The van der Waals surface area contributed by atoms with Gasteiger partial charge in [0.1, 0.15) is 26.2 Å². The Hall–Kier alpha value is -1.40. The van der Waals surface area contributed by atoms with Gasteiger partial charge in [0.25, 0.3) is 7.82 Å². The van der Waals surface area contributed by atoms with Gasteiger partial charge in [0.15, 0.2) is 5.78 Å². The van der Waals surface area contributed by atoms with E-state index < -0.39 is 58.3 Å². The summed E-state index contributed by atoms with van der Waals surface area (Å²) in [6.45, 7) is 4.23.